The quantitative estimate of drug-likeness (QED) is 0.664. The lowest BCUT2D eigenvalue weighted by atomic mass is 10.1. The van der Waals surface area contributed by atoms with Gasteiger partial charge in [-0.3, -0.25) is 9.78 Å². The van der Waals surface area contributed by atoms with Crippen molar-refractivity contribution in [2.24, 2.45) is 0 Å². The van der Waals surface area contributed by atoms with Crippen LogP contribution in [-0.4, -0.2) is 35.2 Å². The number of thiazole rings is 1. The van der Waals surface area contributed by atoms with Gasteiger partial charge in [0, 0.05) is 34.1 Å². The molecular weight excluding hydrogens is 386 g/mol. The van der Waals surface area contributed by atoms with Gasteiger partial charge in [-0.05, 0) is 50.6 Å². The number of aromatic nitrogens is 2. The van der Waals surface area contributed by atoms with E-state index in [0.29, 0.717) is 24.5 Å². The second-order valence-electron chi connectivity index (χ2n) is 7.23. The number of amides is 1. The summed E-state index contributed by atoms with van der Waals surface area (Å²) in [6.07, 6.45) is 3.65. The first kappa shape index (κ1) is 19.5. The van der Waals surface area contributed by atoms with Crippen molar-refractivity contribution in [3.63, 3.8) is 0 Å². The van der Waals surface area contributed by atoms with Gasteiger partial charge in [0.15, 0.2) is 0 Å². The number of aryl methyl sites for hydroxylation is 2. The lowest BCUT2D eigenvalue weighted by Crippen LogP contribution is -2.38. The number of hydrogen-bond donors (Lipinski definition) is 1. The van der Waals surface area contributed by atoms with Crippen LogP contribution in [0.4, 0.5) is 0 Å². The Bertz CT molecular complexity index is 1010. The summed E-state index contributed by atoms with van der Waals surface area (Å²) < 4.78 is 11.2. The summed E-state index contributed by atoms with van der Waals surface area (Å²) in [5.41, 5.74) is 3.31. The number of benzene rings is 1. The fourth-order valence-electron chi connectivity index (χ4n) is 2.98. The van der Waals surface area contributed by atoms with Gasteiger partial charge in [-0.25, -0.2) is 4.98 Å². The van der Waals surface area contributed by atoms with Gasteiger partial charge in [0.1, 0.15) is 16.9 Å². The molecule has 4 rings (SSSR count). The molecule has 0 spiro atoms. The largest absolute Gasteiger partial charge is 0.486 e. The molecule has 7 heteroatoms. The van der Waals surface area contributed by atoms with E-state index in [1.54, 1.807) is 23.6 Å². The predicted molar refractivity (Wildman–Crippen MR) is 112 cm³/mol. The van der Waals surface area contributed by atoms with Crippen molar-refractivity contribution in [1.82, 2.24) is 15.3 Å². The second-order valence-corrected chi connectivity index (χ2v) is 8.46. The van der Waals surface area contributed by atoms with E-state index < -0.39 is 0 Å². The molecule has 3 heterocycles. The molecule has 1 atom stereocenters. The Kier molecular flexibility index (Phi) is 5.60. The van der Waals surface area contributed by atoms with Crippen LogP contribution < -0.4 is 10.1 Å². The number of carbonyl (C=O) groups is 1. The average Bonchev–Trinajstić information content (AvgIpc) is 3.11. The molecule has 6 nitrogen and oxygen atoms in total. The first-order valence-corrected chi connectivity index (χ1v) is 10.4. The van der Waals surface area contributed by atoms with Gasteiger partial charge in [0.25, 0.3) is 5.91 Å². The van der Waals surface area contributed by atoms with E-state index in [9.17, 15) is 4.79 Å². The monoisotopic (exact) mass is 409 g/mol. The van der Waals surface area contributed by atoms with Gasteiger partial charge >= 0.3 is 0 Å². The predicted octanol–water partition coefficient (Wildman–Crippen LogP) is 4.09. The van der Waals surface area contributed by atoms with Crippen molar-refractivity contribution in [2.75, 3.05) is 13.2 Å². The van der Waals surface area contributed by atoms with Crippen molar-refractivity contribution in [2.45, 2.75) is 32.9 Å². The van der Waals surface area contributed by atoms with E-state index in [0.717, 1.165) is 26.7 Å². The topological polar surface area (TPSA) is 73.3 Å². The normalized spacial score (nSPS) is 14.9. The minimum absolute atomic E-state index is 0.0248. The van der Waals surface area contributed by atoms with Crippen LogP contribution in [0.2, 0.25) is 0 Å². The lowest BCUT2D eigenvalue weighted by Gasteiger charge is -2.27. The van der Waals surface area contributed by atoms with Crippen molar-refractivity contribution < 1.29 is 14.3 Å². The molecule has 1 aliphatic rings. The molecule has 150 valence electrons. The molecule has 1 N–H and O–H groups in total. The molecule has 0 aliphatic carbocycles. The Morgan fingerprint density at radius 1 is 1.21 bits per heavy atom. The van der Waals surface area contributed by atoms with Crippen molar-refractivity contribution in [3.8, 4) is 16.3 Å². The highest BCUT2D eigenvalue weighted by Gasteiger charge is 2.22. The summed E-state index contributed by atoms with van der Waals surface area (Å²) in [4.78, 5) is 22.9. The lowest BCUT2D eigenvalue weighted by molar-refractivity contribution is -0.0796. The molecule has 1 unspecified atom stereocenters. The zero-order valence-corrected chi connectivity index (χ0v) is 17.5. The van der Waals surface area contributed by atoms with E-state index in [2.05, 4.69) is 15.3 Å². The van der Waals surface area contributed by atoms with Crippen LogP contribution in [0.25, 0.3) is 10.6 Å². The second kappa shape index (κ2) is 8.31. The third-order valence-electron chi connectivity index (χ3n) is 4.73. The van der Waals surface area contributed by atoms with Crippen LogP contribution in [0.3, 0.4) is 0 Å². The Morgan fingerprint density at radius 2 is 2.03 bits per heavy atom. The van der Waals surface area contributed by atoms with E-state index >= 15 is 0 Å². The summed E-state index contributed by atoms with van der Waals surface area (Å²) in [6, 6.07) is 9.32. The molecular formula is C22H23N3O3S. The van der Waals surface area contributed by atoms with Gasteiger partial charge in [0.05, 0.1) is 19.3 Å². The molecule has 3 aromatic rings. The van der Waals surface area contributed by atoms with E-state index in [1.807, 2.05) is 51.2 Å². The average molecular weight is 410 g/mol. The number of nitrogens with one attached hydrogen (secondary N) is 1. The highest BCUT2D eigenvalue weighted by Crippen LogP contribution is 2.30. The number of ether oxygens (including phenoxy) is 2. The maximum Gasteiger partial charge on any atom is 0.251 e. The smallest absolute Gasteiger partial charge is 0.251 e. The maximum atomic E-state index is 13.0. The third-order valence-corrected chi connectivity index (χ3v) is 5.69. The van der Waals surface area contributed by atoms with Crippen LogP contribution in [0.1, 0.15) is 39.5 Å². The van der Waals surface area contributed by atoms with Gasteiger partial charge in [0.2, 0.25) is 0 Å². The summed E-state index contributed by atoms with van der Waals surface area (Å²) in [7, 11) is 0. The summed E-state index contributed by atoms with van der Waals surface area (Å²) in [5.74, 6) is 0.487. The molecule has 1 aliphatic heterocycles. The zero-order chi connectivity index (χ0) is 20.4. The van der Waals surface area contributed by atoms with Crippen molar-refractivity contribution in [1.29, 1.82) is 0 Å². The fraction of sp³-hybridized carbons (Fsp3) is 0.318. The third kappa shape index (κ3) is 4.63. The van der Waals surface area contributed by atoms with E-state index in [-0.39, 0.29) is 18.1 Å². The molecule has 0 bridgehead atoms. The molecule has 1 aromatic carbocycles. The first-order valence-electron chi connectivity index (χ1n) is 9.53. The zero-order valence-electron chi connectivity index (χ0n) is 16.6. The standard InChI is InChI=1S/C22H23N3O3S/c1-13-4-5-16(10-23-13)15(3)25-21(26)17-6-18(22-24-9-14(2)29-22)8-19(7-17)28-20-11-27-12-20/h4-10,15,20H,11-12H2,1-3H3,(H,25,26). The number of pyridine rings is 1. The van der Waals surface area contributed by atoms with Gasteiger partial charge in [-0.2, -0.15) is 0 Å². The van der Waals surface area contributed by atoms with Crippen LogP contribution in [-0.2, 0) is 4.74 Å². The minimum Gasteiger partial charge on any atom is -0.486 e. The molecule has 1 amide bonds. The molecule has 0 saturated carbocycles. The van der Waals surface area contributed by atoms with Crippen molar-refractivity contribution in [3.05, 3.63) is 64.4 Å². The first-order chi connectivity index (χ1) is 14.0. The van der Waals surface area contributed by atoms with Crippen LogP contribution in [0.5, 0.6) is 5.75 Å². The molecule has 2 aromatic heterocycles. The van der Waals surface area contributed by atoms with E-state index in [1.165, 1.54) is 0 Å². The number of nitrogens with zero attached hydrogens (tertiary/aromatic N) is 2. The number of carbonyl (C=O) groups excluding carboxylic acids is 1. The maximum absolute atomic E-state index is 13.0. The summed E-state index contributed by atoms with van der Waals surface area (Å²) in [5, 5.41) is 3.91. The molecule has 1 fully saturated rings. The van der Waals surface area contributed by atoms with Crippen molar-refractivity contribution >= 4 is 17.2 Å². The fourth-order valence-corrected chi connectivity index (χ4v) is 3.73. The van der Waals surface area contributed by atoms with E-state index in [4.69, 9.17) is 9.47 Å². The van der Waals surface area contributed by atoms with Crippen LogP contribution >= 0.6 is 11.3 Å². The Hall–Kier alpha value is -2.77. The minimum atomic E-state index is -0.164. The van der Waals surface area contributed by atoms with Gasteiger partial charge in [-0.1, -0.05) is 6.07 Å². The van der Waals surface area contributed by atoms with Gasteiger partial charge < -0.3 is 14.8 Å². The van der Waals surface area contributed by atoms with Crippen LogP contribution in [0, 0.1) is 13.8 Å². The molecule has 29 heavy (non-hydrogen) atoms. The molecule has 0 radical (unpaired) electrons. The Morgan fingerprint density at radius 3 is 2.66 bits per heavy atom. The van der Waals surface area contributed by atoms with Crippen LogP contribution in [0.15, 0.2) is 42.7 Å². The highest BCUT2D eigenvalue weighted by molar-refractivity contribution is 7.14. The number of rotatable bonds is 6. The van der Waals surface area contributed by atoms with Gasteiger partial charge in [-0.15, -0.1) is 11.3 Å². The molecule has 1 saturated heterocycles. The Labute approximate surface area is 173 Å². The summed E-state index contributed by atoms with van der Waals surface area (Å²) >= 11 is 1.59. The Balaban J connectivity index is 1.59. The number of hydrogen-bond acceptors (Lipinski definition) is 6. The highest BCUT2D eigenvalue weighted by atomic mass is 32.1. The SMILES string of the molecule is Cc1ccc(C(C)NC(=O)c2cc(OC3COC3)cc(-c3ncc(C)s3)c2)cn1. The summed E-state index contributed by atoms with van der Waals surface area (Å²) in [6.45, 7) is 7.03.